The van der Waals surface area contributed by atoms with Crippen LogP contribution >= 0.6 is 11.6 Å². The fraction of sp³-hybridized carbons (Fsp3) is 0.235. The van der Waals surface area contributed by atoms with Gasteiger partial charge in [0.05, 0.1) is 6.61 Å². The highest BCUT2D eigenvalue weighted by molar-refractivity contribution is 7.87. The Kier molecular flexibility index (Phi) is 4.87. The van der Waals surface area contributed by atoms with E-state index in [1.165, 1.54) is 24.3 Å². The predicted molar refractivity (Wildman–Crippen MR) is 92.6 cm³/mol. The minimum Gasteiger partial charge on any atom is -0.492 e. The van der Waals surface area contributed by atoms with Crippen molar-refractivity contribution < 1.29 is 22.1 Å². The molecule has 1 aliphatic heterocycles. The van der Waals surface area contributed by atoms with Crippen LogP contribution in [0.25, 0.3) is 0 Å². The highest BCUT2D eigenvalue weighted by Gasteiger charge is 2.27. The molecule has 0 fully saturated rings. The van der Waals surface area contributed by atoms with Gasteiger partial charge in [-0.2, -0.15) is 8.42 Å². The molecular formula is C17H16ClNO5S. The number of rotatable bonds is 5. The van der Waals surface area contributed by atoms with Gasteiger partial charge in [0.1, 0.15) is 16.4 Å². The van der Waals surface area contributed by atoms with Crippen LogP contribution in [0.3, 0.4) is 0 Å². The van der Waals surface area contributed by atoms with Crippen molar-refractivity contribution in [3.05, 3.63) is 53.1 Å². The van der Waals surface area contributed by atoms with Gasteiger partial charge in [-0.15, -0.1) is 0 Å². The molecule has 0 aromatic heterocycles. The van der Waals surface area contributed by atoms with E-state index in [0.717, 1.165) is 5.56 Å². The van der Waals surface area contributed by atoms with Crippen LogP contribution in [0.1, 0.15) is 17.9 Å². The molecule has 1 aliphatic rings. The van der Waals surface area contributed by atoms with Gasteiger partial charge in [0, 0.05) is 36.0 Å². The third-order valence-corrected chi connectivity index (χ3v) is 5.34. The van der Waals surface area contributed by atoms with E-state index < -0.39 is 10.1 Å². The zero-order valence-electron chi connectivity index (χ0n) is 13.4. The third-order valence-electron chi connectivity index (χ3n) is 3.87. The van der Waals surface area contributed by atoms with Crippen LogP contribution in [0, 0.1) is 0 Å². The summed E-state index contributed by atoms with van der Waals surface area (Å²) in [6, 6.07) is 10.6. The molecule has 0 aliphatic carbocycles. The van der Waals surface area contributed by atoms with Crippen molar-refractivity contribution in [2.75, 3.05) is 13.7 Å². The summed E-state index contributed by atoms with van der Waals surface area (Å²) < 4.78 is 35.4. The predicted octanol–water partition coefficient (Wildman–Crippen LogP) is 2.72. The number of hydrogen-bond acceptors (Lipinski definition) is 5. The second-order valence-electron chi connectivity index (χ2n) is 5.58. The molecule has 1 heterocycles. The molecule has 0 saturated carbocycles. The summed E-state index contributed by atoms with van der Waals surface area (Å²) in [7, 11) is -2.41. The molecule has 8 heteroatoms. The number of carbonyl (C=O) groups is 1. The van der Waals surface area contributed by atoms with E-state index in [4.69, 9.17) is 20.5 Å². The number of halogens is 1. The molecule has 1 amide bonds. The number of fused-ring (bicyclic) bond motifs is 1. The summed E-state index contributed by atoms with van der Waals surface area (Å²) >= 11 is 5.83. The first kappa shape index (κ1) is 17.6. The Morgan fingerprint density at radius 2 is 2.12 bits per heavy atom. The van der Waals surface area contributed by atoms with E-state index in [1.807, 2.05) is 0 Å². The van der Waals surface area contributed by atoms with Crippen molar-refractivity contribution in [1.82, 2.24) is 5.32 Å². The molecule has 3 rings (SSSR count). The van der Waals surface area contributed by atoms with E-state index >= 15 is 0 Å². The molecule has 25 heavy (non-hydrogen) atoms. The van der Waals surface area contributed by atoms with Gasteiger partial charge in [0.2, 0.25) is 5.91 Å². The number of amides is 1. The smallest absolute Gasteiger partial charge is 0.339 e. The second kappa shape index (κ2) is 6.93. The lowest BCUT2D eigenvalue weighted by Gasteiger charge is -2.10. The zero-order chi connectivity index (χ0) is 18.0. The third kappa shape index (κ3) is 3.88. The number of benzene rings is 2. The molecule has 1 atom stereocenters. The van der Waals surface area contributed by atoms with Gasteiger partial charge >= 0.3 is 10.1 Å². The molecule has 0 spiro atoms. The molecule has 0 saturated heterocycles. The van der Waals surface area contributed by atoms with Gasteiger partial charge in [-0.3, -0.25) is 4.79 Å². The van der Waals surface area contributed by atoms with E-state index in [0.29, 0.717) is 23.8 Å². The first-order valence-corrected chi connectivity index (χ1v) is 9.35. The van der Waals surface area contributed by atoms with E-state index in [9.17, 15) is 13.2 Å². The number of nitrogens with one attached hydrogen (secondary N) is 1. The van der Waals surface area contributed by atoms with Gasteiger partial charge in [-0.1, -0.05) is 23.7 Å². The quantitative estimate of drug-likeness (QED) is 0.805. The molecule has 2 aromatic rings. The molecule has 0 bridgehead atoms. The van der Waals surface area contributed by atoms with E-state index in [1.54, 1.807) is 25.2 Å². The maximum atomic E-state index is 12.3. The van der Waals surface area contributed by atoms with Crippen molar-refractivity contribution in [1.29, 1.82) is 0 Å². The van der Waals surface area contributed by atoms with Gasteiger partial charge < -0.3 is 14.2 Å². The Balaban J connectivity index is 1.80. The minimum atomic E-state index is -3.99. The van der Waals surface area contributed by atoms with Gasteiger partial charge in [-0.05, 0) is 24.3 Å². The van der Waals surface area contributed by atoms with Crippen LogP contribution in [-0.4, -0.2) is 28.0 Å². The SMILES string of the molecule is CNC(=O)CC1COc2cc(OS(=O)(=O)c3cccc(Cl)c3)ccc21. The van der Waals surface area contributed by atoms with Crippen molar-refractivity contribution in [3.63, 3.8) is 0 Å². The van der Waals surface area contributed by atoms with Gasteiger partial charge in [0.25, 0.3) is 0 Å². The minimum absolute atomic E-state index is 0.0288. The number of ether oxygens (including phenoxy) is 1. The fourth-order valence-electron chi connectivity index (χ4n) is 2.60. The lowest BCUT2D eigenvalue weighted by molar-refractivity contribution is -0.121. The standard InChI is InChI=1S/C17H16ClNO5S/c1-19-17(20)7-11-10-23-16-9-13(5-6-15(11)16)24-25(21,22)14-4-2-3-12(18)8-14/h2-6,8-9,11H,7,10H2,1H3,(H,19,20). The summed E-state index contributed by atoms with van der Waals surface area (Å²) in [5, 5.41) is 2.88. The van der Waals surface area contributed by atoms with Gasteiger partial charge in [-0.25, -0.2) is 0 Å². The second-order valence-corrected chi connectivity index (χ2v) is 7.56. The Morgan fingerprint density at radius 3 is 2.84 bits per heavy atom. The summed E-state index contributed by atoms with van der Waals surface area (Å²) in [5.74, 6) is 0.519. The van der Waals surface area contributed by atoms with E-state index in [2.05, 4.69) is 5.32 Å². The molecule has 0 radical (unpaired) electrons. The summed E-state index contributed by atoms with van der Waals surface area (Å²) in [6.45, 7) is 0.368. The lowest BCUT2D eigenvalue weighted by atomic mass is 9.97. The van der Waals surface area contributed by atoms with E-state index in [-0.39, 0.29) is 22.5 Å². The molecular weight excluding hydrogens is 366 g/mol. The van der Waals surface area contributed by atoms with Crippen LogP contribution in [0.4, 0.5) is 0 Å². The van der Waals surface area contributed by atoms with Crippen LogP contribution in [0.2, 0.25) is 5.02 Å². The average Bonchev–Trinajstić information content (AvgIpc) is 2.96. The van der Waals surface area contributed by atoms with Crippen molar-refractivity contribution >= 4 is 27.6 Å². The largest absolute Gasteiger partial charge is 0.492 e. The zero-order valence-corrected chi connectivity index (χ0v) is 14.9. The van der Waals surface area contributed by atoms with Crippen molar-refractivity contribution in [2.24, 2.45) is 0 Å². The Labute approximate surface area is 150 Å². The number of hydrogen-bond donors (Lipinski definition) is 1. The Bertz CT molecular complexity index is 913. The fourth-order valence-corrected chi connectivity index (χ4v) is 3.83. The molecule has 1 N–H and O–H groups in total. The van der Waals surface area contributed by atoms with Crippen molar-refractivity contribution in [2.45, 2.75) is 17.2 Å². The monoisotopic (exact) mass is 381 g/mol. The normalized spacial score (nSPS) is 16.0. The van der Waals surface area contributed by atoms with Crippen molar-refractivity contribution in [3.8, 4) is 11.5 Å². The maximum absolute atomic E-state index is 12.3. The first-order valence-electron chi connectivity index (χ1n) is 7.56. The molecule has 132 valence electrons. The Morgan fingerprint density at radius 1 is 1.32 bits per heavy atom. The molecule has 2 aromatic carbocycles. The summed E-state index contributed by atoms with van der Waals surface area (Å²) in [5.41, 5.74) is 0.858. The topological polar surface area (TPSA) is 81.7 Å². The van der Waals surface area contributed by atoms with Crippen LogP contribution in [-0.2, 0) is 14.9 Å². The summed E-state index contributed by atoms with van der Waals surface area (Å²) in [6.07, 6.45) is 0.310. The van der Waals surface area contributed by atoms with Crippen LogP contribution in [0.5, 0.6) is 11.5 Å². The highest BCUT2D eigenvalue weighted by Crippen LogP contribution is 2.38. The first-order chi connectivity index (χ1) is 11.9. The average molecular weight is 382 g/mol. The molecule has 6 nitrogen and oxygen atoms in total. The van der Waals surface area contributed by atoms with Gasteiger partial charge in [0.15, 0.2) is 0 Å². The highest BCUT2D eigenvalue weighted by atomic mass is 35.5. The maximum Gasteiger partial charge on any atom is 0.339 e. The molecule has 1 unspecified atom stereocenters. The summed E-state index contributed by atoms with van der Waals surface area (Å²) in [4.78, 5) is 11.5. The van der Waals surface area contributed by atoms with Crippen LogP contribution < -0.4 is 14.2 Å². The number of carbonyl (C=O) groups excluding carboxylic acids is 1. The van der Waals surface area contributed by atoms with Crippen LogP contribution in [0.15, 0.2) is 47.4 Å². The Hall–Kier alpha value is -2.25. The lowest BCUT2D eigenvalue weighted by Crippen LogP contribution is -2.20.